The summed E-state index contributed by atoms with van der Waals surface area (Å²) in [7, 11) is 1.92. The molecule has 7 heteroatoms. The highest BCUT2D eigenvalue weighted by Gasteiger charge is 2.23. The Kier molecular flexibility index (Phi) is 6.38. The van der Waals surface area contributed by atoms with Gasteiger partial charge < -0.3 is 4.57 Å². The van der Waals surface area contributed by atoms with Gasteiger partial charge in [0.15, 0.2) is 5.78 Å². The SMILES string of the molecule is Cn1ccc2c1C(=O)CCN(CCCCl)S2.O=O. The molecule has 100 valence electrons. The van der Waals surface area contributed by atoms with E-state index in [0.29, 0.717) is 12.3 Å². The topological polar surface area (TPSA) is 59.4 Å². The van der Waals surface area contributed by atoms with Crippen LogP contribution in [0.5, 0.6) is 0 Å². The van der Waals surface area contributed by atoms with E-state index in [2.05, 4.69) is 4.31 Å². The molecule has 0 spiro atoms. The number of fused-ring (bicyclic) bond motifs is 1. The maximum atomic E-state index is 11.9. The Morgan fingerprint density at radius 3 is 2.83 bits per heavy atom. The van der Waals surface area contributed by atoms with Crippen molar-refractivity contribution in [1.29, 1.82) is 0 Å². The lowest BCUT2D eigenvalue weighted by molar-refractivity contribution is 0.0968. The van der Waals surface area contributed by atoms with Crippen LogP contribution >= 0.6 is 23.5 Å². The van der Waals surface area contributed by atoms with E-state index in [1.807, 2.05) is 23.9 Å². The van der Waals surface area contributed by atoms with Crippen LogP contribution in [-0.4, -0.2) is 33.6 Å². The molecule has 0 saturated heterocycles. The molecule has 0 bridgehead atoms. The molecule has 0 aromatic carbocycles. The summed E-state index contributed by atoms with van der Waals surface area (Å²) in [6.45, 7) is 1.75. The Bertz CT molecular complexity index is 411. The van der Waals surface area contributed by atoms with E-state index < -0.39 is 0 Å². The van der Waals surface area contributed by atoms with E-state index in [1.54, 1.807) is 11.9 Å². The molecule has 1 aromatic rings. The molecule has 0 atom stereocenters. The molecule has 0 saturated carbocycles. The van der Waals surface area contributed by atoms with E-state index in [1.165, 1.54) is 0 Å². The Hall–Kier alpha value is -0.850. The lowest BCUT2D eigenvalue weighted by Gasteiger charge is -2.16. The zero-order valence-corrected chi connectivity index (χ0v) is 11.7. The first kappa shape index (κ1) is 15.2. The number of carbonyl (C=O) groups is 1. The number of aromatic nitrogens is 1. The molecule has 1 aliphatic rings. The van der Waals surface area contributed by atoms with Gasteiger partial charge in [0.2, 0.25) is 0 Å². The predicted molar refractivity (Wildman–Crippen MR) is 73.9 cm³/mol. The monoisotopic (exact) mass is 290 g/mol. The smallest absolute Gasteiger partial charge is 0.181 e. The van der Waals surface area contributed by atoms with E-state index in [0.717, 1.165) is 30.1 Å². The highest BCUT2D eigenvalue weighted by atomic mass is 35.5. The highest BCUT2D eigenvalue weighted by Crippen LogP contribution is 2.31. The minimum absolute atomic E-state index is 0.239. The van der Waals surface area contributed by atoms with Gasteiger partial charge in [-0.3, -0.25) is 4.79 Å². The maximum absolute atomic E-state index is 11.9. The van der Waals surface area contributed by atoms with Crippen LogP contribution in [0.2, 0.25) is 0 Å². The summed E-state index contributed by atoms with van der Waals surface area (Å²) in [5, 5.41) is 0. The number of hydrogen-bond donors (Lipinski definition) is 0. The summed E-state index contributed by atoms with van der Waals surface area (Å²) in [5.41, 5.74) is 0.846. The van der Waals surface area contributed by atoms with Gasteiger partial charge in [0, 0.05) is 48.6 Å². The van der Waals surface area contributed by atoms with Gasteiger partial charge in [0.25, 0.3) is 0 Å². The molecular formula is C11H15ClN2O3S. The summed E-state index contributed by atoms with van der Waals surface area (Å²) in [4.78, 5) is 27.0. The van der Waals surface area contributed by atoms with Crippen molar-refractivity contribution in [2.45, 2.75) is 17.7 Å². The van der Waals surface area contributed by atoms with Gasteiger partial charge in [0.05, 0.1) is 10.6 Å². The maximum Gasteiger partial charge on any atom is 0.181 e. The third kappa shape index (κ3) is 3.57. The summed E-state index contributed by atoms with van der Waals surface area (Å²) in [6, 6.07) is 2.01. The third-order valence-corrected chi connectivity index (χ3v) is 4.07. The Labute approximate surface area is 115 Å². The normalized spacial score (nSPS) is 15.6. The van der Waals surface area contributed by atoms with Crippen molar-refractivity contribution in [3.8, 4) is 0 Å². The summed E-state index contributed by atoms with van der Waals surface area (Å²) < 4.78 is 4.14. The molecule has 0 amide bonds. The van der Waals surface area contributed by atoms with Crippen molar-refractivity contribution < 1.29 is 4.79 Å². The van der Waals surface area contributed by atoms with Crippen molar-refractivity contribution in [2.75, 3.05) is 19.0 Å². The Morgan fingerprint density at radius 2 is 2.17 bits per heavy atom. The summed E-state index contributed by atoms with van der Waals surface area (Å²) in [5.74, 6) is 0.913. The van der Waals surface area contributed by atoms with Gasteiger partial charge in [-0.15, -0.1) is 11.6 Å². The quantitative estimate of drug-likeness (QED) is 0.632. The molecule has 18 heavy (non-hydrogen) atoms. The van der Waals surface area contributed by atoms with Crippen molar-refractivity contribution >= 4 is 29.3 Å². The molecule has 0 aliphatic carbocycles. The fraction of sp³-hybridized carbons (Fsp3) is 0.545. The number of nitrogens with zero attached hydrogens (tertiary/aromatic N) is 2. The van der Waals surface area contributed by atoms with Crippen LogP contribution < -0.4 is 0 Å². The van der Waals surface area contributed by atoms with Crippen molar-refractivity contribution in [2.24, 2.45) is 7.05 Å². The average Bonchev–Trinajstić information content (AvgIpc) is 2.67. The molecule has 2 rings (SSSR count). The number of carbonyl (C=O) groups excluding carboxylic acids is 1. The standard InChI is InChI=1S/C11H15ClN2OS.O2/c1-13-7-4-10-11(13)9(15)3-8-14(16-10)6-2-5-12;1-2/h4,7H,2-3,5-6,8H2,1H3;. The molecule has 2 heterocycles. The van der Waals surface area contributed by atoms with Crippen LogP contribution in [0.3, 0.4) is 0 Å². The number of halogens is 1. The van der Waals surface area contributed by atoms with E-state index >= 15 is 0 Å². The first-order valence-electron chi connectivity index (χ1n) is 5.56. The molecule has 0 radical (unpaired) electrons. The fourth-order valence-electron chi connectivity index (χ4n) is 1.84. The van der Waals surface area contributed by atoms with Crippen LogP contribution in [-0.2, 0) is 7.05 Å². The van der Waals surface area contributed by atoms with Crippen molar-refractivity contribution in [3.63, 3.8) is 0 Å². The van der Waals surface area contributed by atoms with Gasteiger partial charge >= 0.3 is 0 Å². The molecular weight excluding hydrogens is 276 g/mol. The van der Waals surface area contributed by atoms with Crippen molar-refractivity contribution in [3.05, 3.63) is 27.9 Å². The molecule has 0 N–H and O–H groups in total. The third-order valence-electron chi connectivity index (χ3n) is 2.66. The minimum Gasteiger partial charge on any atom is -0.347 e. The Balaban J connectivity index is 0.000000771. The number of alkyl halides is 1. The van der Waals surface area contributed by atoms with Gasteiger partial charge in [-0.1, -0.05) is 0 Å². The van der Waals surface area contributed by atoms with E-state index in [9.17, 15) is 4.79 Å². The predicted octanol–water partition coefficient (Wildman–Crippen LogP) is 2.62. The average molecular weight is 291 g/mol. The summed E-state index contributed by atoms with van der Waals surface area (Å²) >= 11 is 7.36. The number of aryl methyl sites for hydroxylation is 1. The zero-order valence-electron chi connectivity index (χ0n) is 10.1. The fourth-order valence-corrected chi connectivity index (χ4v) is 3.10. The van der Waals surface area contributed by atoms with E-state index in [4.69, 9.17) is 21.5 Å². The Morgan fingerprint density at radius 1 is 1.44 bits per heavy atom. The number of ketones is 1. The molecule has 5 nitrogen and oxygen atoms in total. The van der Waals surface area contributed by atoms with E-state index in [-0.39, 0.29) is 5.78 Å². The van der Waals surface area contributed by atoms with Gasteiger partial charge in [-0.25, -0.2) is 4.31 Å². The first-order chi connectivity index (χ1) is 8.72. The molecule has 0 fully saturated rings. The van der Waals surface area contributed by atoms with Crippen molar-refractivity contribution in [1.82, 2.24) is 8.87 Å². The van der Waals surface area contributed by atoms with Crippen LogP contribution in [0.15, 0.2) is 17.2 Å². The van der Waals surface area contributed by atoms with Crippen LogP contribution in [0, 0.1) is 9.93 Å². The number of hydrogen-bond acceptors (Lipinski definition) is 5. The highest BCUT2D eigenvalue weighted by molar-refractivity contribution is 7.97. The zero-order chi connectivity index (χ0) is 13.5. The second kappa shape index (κ2) is 7.56. The largest absolute Gasteiger partial charge is 0.347 e. The van der Waals surface area contributed by atoms with Gasteiger partial charge in [-0.2, -0.15) is 0 Å². The van der Waals surface area contributed by atoms with Gasteiger partial charge in [0.1, 0.15) is 0 Å². The number of rotatable bonds is 3. The summed E-state index contributed by atoms with van der Waals surface area (Å²) in [6.07, 6.45) is 3.51. The van der Waals surface area contributed by atoms with Gasteiger partial charge in [-0.05, 0) is 24.4 Å². The lowest BCUT2D eigenvalue weighted by atomic mass is 10.2. The second-order valence-electron chi connectivity index (χ2n) is 3.88. The molecule has 1 aliphatic heterocycles. The molecule has 1 aromatic heterocycles. The van der Waals surface area contributed by atoms with Crippen LogP contribution in [0.1, 0.15) is 23.3 Å². The lowest BCUT2D eigenvalue weighted by Crippen LogP contribution is -2.18. The van der Waals surface area contributed by atoms with Crippen LogP contribution in [0.4, 0.5) is 0 Å². The second-order valence-corrected chi connectivity index (χ2v) is 5.39. The first-order valence-corrected chi connectivity index (χ1v) is 6.87. The van der Waals surface area contributed by atoms with Crippen LogP contribution in [0.25, 0.3) is 0 Å². The minimum atomic E-state index is 0.239. The molecule has 0 unspecified atom stereocenters. The number of Topliss-reactive ketones (excluding diaryl/α,β-unsaturated/α-hetero) is 1.